The van der Waals surface area contributed by atoms with Gasteiger partial charge in [-0.3, -0.25) is 0 Å². The third-order valence-corrected chi connectivity index (χ3v) is 1.00. The Morgan fingerprint density at radius 3 is 2.20 bits per heavy atom. The van der Waals surface area contributed by atoms with Crippen molar-refractivity contribution in [3.8, 4) is 0 Å². The van der Waals surface area contributed by atoms with Gasteiger partial charge in [-0.2, -0.15) is 0 Å². The molecular formula is C7H7BrO2. The van der Waals surface area contributed by atoms with Crippen molar-refractivity contribution in [1.29, 1.82) is 0 Å². The lowest BCUT2D eigenvalue weighted by Gasteiger charge is -1.87. The summed E-state index contributed by atoms with van der Waals surface area (Å²) in [5.74, 6) is -1.02. The van der Waals surface area contributed by atoms with Crippen LogP contribution in [-0.2, 0) is 4.79 Å². The lowest BCUT2D eigenvalue weighted by atomic mass is 10.3. The summed E-state index contributed by atoms with van der Waals surface area (Å²) < 4.78 is 0.620. The average molecular weight is 203 g/mol. The van der Waals surface area contributed by atoms with Gasteiger partial charge in [0.05, 0.1) is 5.57 Å². The van der Waals surface area contributed by atoms with Crippen LogP contribution < -0.4 is 0 Å². The van der Waals surface area contributed by atoms with Crippen molar-refractivity contribution in [2.24, 2.45) is 0 Å². The zero-order valence-corrected chi connectivity index (χ0v) is 6.89. The summed E-state index contributed by atoms with van der Waals surface area (Å²) in [4.78, 5) is 10.1. The number of rotatable bonds is 3. The highest BCUT2D eigenvalue weighted by atomic mass is 79.9. The molecular weight excluding hydrogens is 196 g/mol. The van der Waals surface area contributed by atoms with Crippen molar-refractivity contribution in [2.45, 2.75) is 0 Å². The third kappa shape index (κ3) is 4.09. The molecule has 54 valence electrons. The molecule has 10 heavy (non-hydrogen) atoms. The van der Waals surface area contributed by atoms with Crippen molar-refractivity contribution in [3.63, 3.8) is 0 Å². The summed E-state index contributed by atoms with van der Waals surface area (Å²) >= 11 is 3.04. The molecule has 1 N–H and O–H groups in total. The molecule has 0 aliphatic rings. The molecule has 0 spiro atoms. The summed E-state index contributed by atoms with van der Waals surface area (Å²) in [7, 11) is 0. The highest BCUT2D eigenvalue weighted by Gasteiger charge is 1.96. The van der Waals surface area contributed by atoms with Gasteiger partial charge >= 0.3 is 5.97 Å². The molecule has 0 heterocycles. The Labute approximate surface area is 67.7 Å². The standard InChI is InChI=1S/C7H7BrO2/c1-5(7(9)10)3-4-6(2)8/h3-4H,1-2H2,(H,9,10). The molecule has 3 heteroatoms. The molecule has 0 atom stereocenters. The molecule has 0 saturated carbocycles. The summed E-state index contributed by atoms with van der Waals surface area (Å²) in [5, 5.41) is 8.30. The van der Waals surface area contributed by atoms with Gasteiger partial charge < -0.3 is 5.11 Å². The predicted molar refractivity (Wildman–Crippen MR) is 44.0 cm³/mol. The molecule has 0 aliphatic heterocycles. The first-order valence-corrected chi connectivity index (χ1v) is 3.28. The van der Waals surface area contributed by atoms with E-state index in [1.54, 1.807) is 0 Å². The van der Waals surface area contributed by atoms with E-state index in [9.17, 15) is 4.79 Å². The number of aliphatic carboxylic acids is 1. The average Bonchev–Trinajstić information content (AvgIpc) is 1.82. The highest BCUT2D eigenvalue weighted by molar-refractivity contribution is 9.11. The molecule has 0 amide bonds. The van der Waals surface area contributed by atoms with Gasteiger partial charge in [-0.05, 0) is 12.2 Å². The second kappa shape index (κ2) is 4.06. The molecule has 0 rings (SSSR count). The molecule has 0 fully saturated rings. The zero-order chi connectivity index (χ0) is 8.15. The van der Waals surface area contributed by atoms with E-state index in [1.807, 2.05) is 0 Å². The quantitative estimate of drug-likeness (QED) is 0.563. The number of carboxylic acids is 1. The Bertz CT molecular complexity index is 204. The summed E-state index contributed by atoms with van der Waals surface area (Å²) in [5.41, 5.74) is 0.0422. The number of hydrogen-bond donors (Lipinski definition) is 1. The molecule has 0 aromatic carbocycles. The second-order valence-corrected chi connectivity index (χ2v) is 2.63. The van der Waals surface area contributed by atoms with Gasteiger partial charge in [-0.1, -0.05) is 29.1 Å². The first kappa shape index (κ1) is 9.17. The van der Waals surface area contributed by atoms with Crippen LogP contribution >= 0.6 is 15.9 Å². The first-order valence-electron chi connectivity index (χ1n) is 2.48. The molecule has 0 aromatic rings. The minimum atomic E-state index is -1.02. The molecule has 0 radical (unpaired) electrons. The fraction of sp³-hybridized carbons (Fsp3) is 0. The van der Waals surface area contributed by atoms with Crippen LogP contribution in [0.2, 0.25) is 0 Å². The van der Waals surface area contributed by atoms with E-state index in [-0.39, 0.29) is 5.57 Å². The molecule has 0 bridgehead atoms. The van der Waals surface area contributed by atoms with Crippen LogP contribution in [0.5, 0.6) is 0 Å². The molecule has 2 nitrogen and oxygen atoms in total. The van der Waals surface area contributed by atoms with Gasteiger partial charge in [-0.25, -0.2) is 4.79 Å². The Kier molecular flexibility index (Phi) is 3.72. The Balaban J connectivity index is 4.03. The number of allylic oxidation sites excluding steroid dienone is 2. The van der Waals surface area contributed by atoms with E-state index in [0.717, 1.165) is 0 Å². The van der Waals surface area contributed by atoms with E-state index in [0.29, 0.717) is 4.48 Å². The van der Waals surface area contributed by atoms with Gasteiger partial charge in [0.1, 0.15) is 0 Å². The largest absolute Gasteiger partial charge is 0.478 e. The molecule has 0 aromatic heterocycles. The number of hydrogen-bond acceptors (Lipinski definition) is 1. The monoisotopic (exact) mass is 202 g/mol. The Morgan fingerprint density at radius 2 is 1.90 bits per heavy atom. The Morgan fingerprint density at radius 1 is 1.40 bits per heavy atom. The van der Waals surface area contributed by atoms with Crippen molar-refractivity contribution >= 4 is 21.9 Å². The fourth-order valence-electron chi connectivity index (χ4n) is 0.262. The van der Waals surface area contributed by atoms with Gasteiger partial charge in [0, 0.05) is 4.48 Å². The minimum Gasteiger partial charge on any atom is -0.478 e. The first-order chi connectivity index (χ1) is 4.54. The maximum Gasteiger partial charge on any atom is 0.335 e. The van der Waals surface area contributed by atoms with Crippen LogP contribution in [0.1, 0.15) is 0 Å². The second-order valence-electron chi connectivity index (χ2n) is 1.61. The lowest BCUT2D eigenvalue weighted by Crippen LogP contribution is -1.94. The molecule has 0 aliphatic carbocycles. The van der Waals surface area contributed by atoms with Crippen molar-refractivity contribution in [1.82, 2.24) is 0 Å². The van der Waals surface area contributed by atoms with Gasteiger partial charge in [0.2, 0.25) is 0 Å². The smallest absolute Gasteiger partial charge is 0.335 e. The van der Waals surface area contributed by atoms with E-state index < -0.39 is 5.97 Å². The van der Waals surface area contributed by atoms with Crippen LogP contribution in [0.3, 0.4) is 0 Å². The van der Waals surface area contributed by atoms with Crippen LogP contribution in [0, 0.1) is 0 Å². The normalized spacial score (nSPS) is 9.70. The van der Waals surface area contributed by atoms with E-state index in [4.69, 9.17) is 5.11 Å². The lowest BCUT2D eigenvalue weighted by molar-refractivity contribution is -0.132. The van der Waals surface area contributed by atoms with E-state index in [2.05, 4.69) is 29.1 Å². The highest BCUT2D eigenvalue weighted by Crippen LogP contribution is 2.04. The minimum absolute atomic E-state index is 0.0422. The van der Waals surface area contributed by atoms with Crippen LogP contribution in [0.25, 0.3) is 0 Å². The van der Waals surface area contributed by atoms with Gasteiger partial charge in [0.25, 0.3) is 0 Å². The van der Waals surface area contributed by atoms with E-state index in [1.165, 1.54) is 12.2 Å². The van der Waals surface area contributed by atoms with Gasteiger partial charge in [0.15, 0.2) is 0 Å². The Hall–Kier alpha value is -0.830. The SMILES string of the molecule is C=C(Br)C=CC(=C)C(=O)O. The van der Waals surface area contributed by atoms with Crippen LogP contribution in [-0.4, -0.2) is 11.1 Å². The number of carbonyl (C=O) groups is 1. The van der Waals surface area contributed by atoms with Crippen molar-refractivity contribution < 1.29 is 9.90 Å². The number of carboxylic acid groups (broad SMARTS) is 1. The van der Waals surface area contributed by atoms with Crippen LogP contribution in [0.15, 0.2) is 35.4 Å². The van der Waals surface area contributed by atoms with Crippen molar-refractivity contribution in [2.75, 3.05) is 0 Å². The van der Waals surface area contributed by atoms with E-state index >= 15 is 0 Å². The molecule has 0 saturated heterocycles. The maximum absolute atomic E-state index is 10.1. The summed E-state index contributed by atoms with van der Waals surface area (Å²) in [6, 6.07) is 0. The van der Waals surface area contributed by atoms with Crippen molar-refractivity contribution in [3.05, 3.63) is 35.4 Å². The third-order valence-electron chi connectivity index (χ3n) is 0.740. The summed E-state index contributed by atoms with van der Waals surface area (Å²) in [6.45, 7) is 6.76. The van der Waals surface area contributed by atoms with Crippen LogP contribution in [0.4, 0.5) is 0 Å². The maximum atomic E-state index is 10.1. The fourth-order valence-corrected chi connectivity index (χ4v) is 0.394. The number of halogens is 1. The predicted octanol–water partition coefficient (Wildman–Crippen LogP) is 2.09. The topological polar surface area (TPSA) is 37.3 Å². The molecule has 0 unspecified atom stereocenters. The summed E-state index contributed by atoms with van der Waals surface area (Å²) in [6.07, 6.45) is 2.90. The van der Waals surface area contributed by atoms with Gasteiger partial charge in [-0.15, -0.1) is 0 Å². The zero-order valence-electron chi connectivity index (χ0n) is 5.30.